The molecular weight excluding hydrogens is 583 g/mol. The van der Waals surface area contributed by atoms with Gasteiger partial charge >= 0.3 is 6.09 Å². The van der Waals surface area contributed by atoms with Crippen LogP contribution in [0.25, 0.3) is 5.69 Å². The van der Waals surface area contributed by atoms with Gasteiger partial charge in [0.2, 0.25) is 5.91 Å². The highest BCUT2D eigenvalue weighted by Crippen LogP contribution is 2.38. The van der Waals surface area contributed by atoms with Crippen molar-refractivity contribution in [3.8, 4) is 5.69 Å². The summed E-state index contributed by atoms with van der Waals surface area (Å²) in [5.41, 5.74) is 0.198. The molecule has 1 aromatic heterocycles. The number of benzene rings is 1. The van der Waals surface area contributed by atoms with Gasteiger partial charge in [-0.25, -0.2) is 13.9 Å². The Kier molecular flexibility index (Phi) is 11.5. The van der Waals surface area contributed by atoms with Crippen molar-refractivity contribution in [2.24, 2.45) is 11.3 Å². The SMILES string of the molecule is CCCN(C(=O)c1nnn(-c2ccccc2F)c1CCCCOC)[C@H]1C[C@@H](C(=O)N2CCOCC2)CN(C(=O)O)C1C(C)(C)C. The van der Waals surface area contributed by atoms with E-state index in [0.717, 1.165) is 6.42 Å². The number of carbonyl (C=O) groups is 3. The molecule has 3 heterocycles. The van der Waals surface area contributed by atoms with Gasteiger partial charge in [-0.3, -0.25) is 9.59 Å². The standard InChI is InChI=1S/C32H47FN6O6/c1-6-14-37(30(41)27-25(13-9-10-17-44-5)39(35-34-27)24-12-8-7-11-23(24)33)26-20-22(29(40)36-15-18-45-19-16-36)21-38(31(42)43)28(26)32(2,3)4/h7-8,11-12,22,26,28H,6,9-10,13-21H2,1-5H3,(H,42,43)/t22-,26+,28?/m1/s1. The number of para-hydroxylation sites is 1. The molecule has 45 heavy (non-hydrogen) atoms. The van der Waals surface area contributed by atoms with Gasteiger partial charge in [0.05, 0.1) is 36.9 Å². The van der Waals surface area contributed by atoms with E-state index in [0.29, 0.717) is 70.8 Å². The third-order valence-electron chi connectivity index (χ3n) is 8.63. The molecule has 12 nitrogen and oxygen atoms in total. The molecule has 3 atom stereocenters. The van der Waals surface area contributed by atoms with Crippen molar-refractivity contribution in [3.05, 3.63) is 41.5 Å². The molecule has 4 rings (SSSR count). The van der Waals surface area contributed by atoms with Gasteiger partial charge in [-0.2, -0.15) is 0 Å². The molecule has 2 aromatic rings. The third-order valence-corrected chi connectivity index (χ3v) is 8.63. The Labute approximate surface area is 264 Å². The van der Waals surface area contributed by atoms with Crippen molar-refractivity contribution in [2.45, 2.75) is 71.9 Å². The Bertz CT molecular complexity index is 1320. The van der Waals surface area contributed by atoms with Crippen molar-refractivity contribution < 1.29 is 33.4 Å². The molecule has 248 valence electrons. The highest BCUT2D eigenvalue weighted by atomic mass is 19.1. The van der Waals surface area contributed by atoms with E-state index in [1.807, 2.05) is 27.7 Å². The van der Waals surface area contributed by atoms with Crippen LogP contribution in [-0.4, -0.2) is 118 Å². The Hall–Kier alpha value is -3.58. The third kappa shape index (κ3) is 7.81. The molecule has 0 radical (unpaired) electrons. The van der Waals surface area contributed by atoms with Crippen molar-refractivity contribution >= 4 is 17.9 Å². The van der Waals surface area contributed by atoms with E-state index < -0.39 is 41.2 Å². The molecule has 2 aliphatic rings. The number of halogens is 1. The molecule has 13 heteroatoms. The van der Waals surface area contributed by atoms with E-state index >= 15 is 0 Å². The van der Waals surface area contributed by atoms with Crippen LogP contribution in [0.4, 0.5) is 9.18 Å². The lowest BCUT2D eigenvalue weighted by atomic mass is 9.74. The summed E-state index contributed by atoms with van der Waals surface area (Å²) in [6.45, 7) is 10.5. The number of nitrogens with zero attached hydrogens (tertiary/aromatic N) is 6. The topological polar surface area (TPSA) is 130 Å². The highest BCUT2D eigenvalue weighted by molar-refractivity contribution is 5.94. The summed E-state index contributed by atoms with van der Waals surface area (Å²) in [4.78, 5) is 45.8. The van der Waals surface area contributed by atoms with E-state index in [9.17, 15) is 23.9 Å². The largest absolute Gasteiger partial charge is 0.465 e. The molecule has 0 aliphatic carbocycles. The first-order chi connectivity index (χ1) is 21.5. The maximum atomic E-state index is 14.9. The van der Waals surface area contributed by atoms with Gasteiger partial charge in [0, 0.05) is 39.9 Å². The zero-order valence-electron chi connectivity index (χ0n) is 27.1. The summed E-state index contributed by atoms with van der Waals surface area (Å²) in [6.07, 6.45) is 1.54. The second-order valence-electron chi connectivity index (χ2n) is 12.9. The second kappa shape index (κ2) is 15.1. The first-order valence-electron chi connectivity index (χ1n) is 15.8. The fraction of sp³-hybridized carbons (Fsp3) is 0.656. The van der Waals surface area contributed by atoms with Crippen LogP contribution in [0, 0.1) is 17.2 Å². The number of carboxylic acid groups (broad SMARTS) is 1. The summed E-state index contributed by atoms with van der Waals surface area (Å²) in [5.74, 6) is -1.66. The van der Waals surface area contributed by atoms with Crippen molar-refractivity contribution in [1.29, 1.82) is 0 Å². The molecule has 1 N–H and O–H groups in total. The quantitative estimate of drug-likeness (QED) is 0.371. The maximum Gasteiger partial charge on any atom is 0.407 e. The average Bonchev–Trinajstić information content (AvgIpc) is 3.44. The molecule has 1 unspecified atom stereocenters. The monoisotopic (exact) mass is 630 g/mol. The molecule has 0 saturated carbocycles. The van der Waals surface area contributed by atoms with Gasteiger partial charge in [0.25, 0.3) is 5.91 Å². The molecule has 3 amide bonds. The predicted octanol–water partition coefficient (Wildman–Crippen LogP) is 3.87. The zero-order valence-corrected chi connectivity index (χ0v) is 27.1. The first kappa shape index (κ1) is 34.3. The lowest BCUT2D eigenvalue weighted by molar-refractivity contribution is -0.144. The van der Waals surface area contributed by atoms with Gasteiger partial charge in [0.15, 0.2) is 5.69 Å². The minimum absolute atomic E-state index is 0.0479. The van der Waals surface area contributed by atoms with Gasteiger partial charge in [-0.15, -0.1) is 5.10 Å². The van der Waals surface area contributed by atoms with E-state index in [4.69, 9.17) is 9.47 Å². The molecule has 2 saturated heterocycles. The van der Waals surface area contributed by atoms with E-state index in [-0.39, 0.29) is 23.8 Å². The van der Waals surface area contributed by atoms with Crippen LogP contribution in [-0.2, 0) is 20.7 Å². The molecular formula is C32H47FN6O6. The number of unbranched alkanes of at least 4 members (excludes halogenated alkanes) is 1. The van der Waals surface area contributed by atoms with Crippen molar-refractivity contribution in [1.82, 2.24) is 29.7 Å². The van der Waals surface area contributed by atoms with Crippen LogP contribution >= 0.6 is 0 Å². The van der Waals surface area contributed by atoms with Crippen LogP contribution in [0.15, 0.2) is 24.3 Å². The number of methoxy groups -OCH3 is 1. The summed E-state index contributed by atoms with van der Waals surface area (Å²) >= 11 is 0. The Morgan fingerprint density at radius 3 is 2.49 bits per heavy atom. The number of morpholine rings is 1. The number of rotatable bonds is 11. The fourth-order valence-electron chi connectivity index (χ4n) is 6.66. The van der Waals surface area contributed by atoms with Crippen LogP contribution in [0.1, 0.15) is 69.6 Å². The summed E-state index contributed by atoms with van der Waals surface area (Å²) in [6, 6.07) is 5.00. The molecule has 0 spiro atoms. The molecule has 2 fully saturated rings. The van der Waals surface area contributed by atoms with E-state index in [2.05, 4.69) is 10.3 Å². The van der Waals surface area contributed by atoms with Crippen LogP contribution in [0.5, 0.6) is 0 Å². The summed E-state index contributed by atoms with van der Waals surface area (Å²) in [5, 5.41) is 19.0. The Balaban J connectivity index is 1.77. The van der Waals surface area contributed by atoms with Crippen LogP contribution in [0.2, 0.25) is 0 Å². The lowest BCUT2D eigenvalue weighted by Crippen LogP contribution is -2.66. The normalized spacial score (nSPS) is 20.7. The number of carbonyl (C=O) groups excluding carboxylic acids is 2. The predicted molar refractivity (Wildman–Crippen MR) is 165 cm³/mol. The van der Waals surface area contributed by atoms with Gasteiger partial charge in [0.1, 0.15) is 11.5 Å². The summed E-state index contributed by atoms with van der Waals surface area (Å²) in [7, 11) is 1.62. The molecule has 1 aromatic carbocycles. The lowest BCUT2D eigenvalue weighted by Gasteiger charge is -2.52. The van der Waals surface area contributed by atoms with Crippen LogP contribution < -0.4 is 0 Å². The summed E-state index contributed by atoms with van der Waals surface area (Å²) < 4.78 is 27.0. The number of ether oxygens (including phenoxy) is 2. The number of piperidine rings is 1. The first-order valence-corrected chi connectivity index (χ1v) is 15.8. The van der Waals surface area contributed by atoms with Crippen molar-refractivity contribution in [2.75, 3.05) is 53.1 Å². The average molecular weight is 631 g/mol. The Morgan fingerprint density at radius 1 is 1.16 bits per heavy atom. The number of amides is 3. The van der Waals surface area contributed by atoms with Gasteiger partial charge in [-0.05, 0) is 49.7 Å². The highest BCUT2D eigenvalue weighted by Gasteiger charge is 2.50. The Morgan fingerprint density at radius 2 is 1.87 bits per heavy atom. The fourth-order valence-corrected chi connectivity index (χ4v) is 6.66. The second-order valence-corrected chi connectivity index (χ2v) is 12.9. The van der Waals surface area contributed by atoms with Crippen LogP contribution in [0.3, 0.4) is 0 Å². The number of likely N-dealkylation sites (tertiary alicyclic amines) is 1. The number of hydrogen-bond donors (Lipinski definition) is 1. The van der Waals surface area contributed by atoms with Crippen molar-refractivity contribution in [3.63, 3.8) is 0 Å². The zero-order chi connectivity index (χ0) is 32.7. The van der Waals surface area contributed by atoms with Gasteiger partial charge < -0.3 is 29.3 Å². The molecule has 2 aliphatic heterocycles. The number of aromatic nitrogens is 3. The molecule has 0 bridgehead atoms. The van der Waals surface area contributed by atoms with E-state index in [1.54, 1.807) is 35.1 Å². The smallest absolute Gasteiger partial charge is 0.407 e. The maximum absolute atomic E-state index is 14.9. The minimum atomic E-state index is -1.13. The minimum Gasteiger partial charge on any atom is -0.465 e. The van der Waals surface area contributed by atoms with Gasteiger partial charge in [-0.1, -0.05) is 45.0 Å². The number of hydrogen-bond acceptors (Lipinski definition) is 7. The van der Waals surface area contributed by atoms with E-state index in [1.165, 1.54) is 15.6 Å².